The Hall–Kier alpha value is -1.02. The van der Waals surface area contributed by atoms with E-state index < -0.39 is 0 Å². The molecule has 0 fully saturated rings. The van der Waals surface area contributed by atoms with Crippen LogP contribution in [0.1, 0.15) is 51.0 Å². The van der Waals surface area contributed by atoms with Gasteiger partial charge in [0.25, 0.3) is 0 Å². The zero-order valence-corrected chi connectivity index (χ0v) is 18.1. The monoisotopic (exact) mass is 462 g/mol. The van der Waals surface area contributed by atoms with Gasteiger partial charge in [0.05, 0.1) is 13.2 Å². The molecule has 6 heteroatoms. The predicted octanol–water partition coefficient (Wildman–Crippen LogP) is 4.13. The van der Waals surface area contributed by atoms with Crippen LogP contribution in [0.5, 0.6) is 0 Å². The van der Waals surface area contributed by atoms with Gasteiger partial charge >= 0.3 is 0 Å². The van der Waals surface area contributed by atoms with E-state index in [0.29, 0.717) is 19.1 Å². The van der Waals surface area contributed by atoms with Gasteiger partial charge in [-0.2, -0.15) is 0 Å². The number of nitrogens with zero attached hydrogens (tertiary/aromatic N) is 1. The summed E-state index contributed by atoms with van der Waals surface area (Å²) in [5, 5.41) is 6.48. The quantitative estimate of drug-likeness (QED) is 0.179. The fraction of sp³-hybridized carbons (Fsp3) is 0.632. The summed E-state index contributed by atoms with van der Waals surface area (Å²) in [5.74, 6) is 0.533. The largest absolute Gasteiger partial charge is 0.383 e. The minimum absolute atomic E-state index is 0. The molecule has 0 spiro atoms. The number of nitrogens with one attached hydrogen (secondary N) is 2. The number of benzene rings is 1. The Morgan fingerprint density at radius 3 is 2.40 bits per heavy atom. The van der Waals surface area contributed by atoms with E-state index in [1.807, 2.05) is 0 Å². The van der Waals surface area contributed by atoms with E-state index >= 15 is 0 Å². The molecule has 5 nitrogen and oxygen atoms in total. The zero-order valence-electron chi connectivity index (χ0n) is 15.7. The highest BCUT2D eigenvalue weighted by Gasteiger charge is 1.96. The van der Waals surface area contributed by atoms with Crippen LogP contribution in [-0.4, -0.2) is 32.8 Å². The first-order chi connectivity index (χ1) is 11.8. The normalized spacial score (nSPS) is 11.0. The maximum Gasteiger partial charge on any atom is 0.188 e. The number of aliphatic imine (C=N–C) groups is 1. The second kappa shape index (κ2) is 16.4. The van der Waals surface area contributed by atoms with Crippen molar-refractivity contribution in [3.8, 4) is 0 Å². The molecule has 0 radical (unpaired) electrons. The molecule has 0 aromatic heterocycles. The van der Waals surface area contributed by atoms with Crippen LogP contribution < -0.4 is 16.4 Å². The van der Waals surface area contributed by atoms with Crippen LogP contribution in [0.4, 0.5) is 5.69 Å². The molecule has 0 unspecified atom stereocenters. The molecule has 0 atom stereocenters. The van der Waals surface area contributed by atoms with Crippen LogP contribution in [0.2, 0.25) is 0 Å². The summed E-state index contributed by atoms with van der Waals surface area (Å²) in [6, 6.07) is 8.25. The molecule has 0 heterocycles. The van der Waals surface area contributed by atoms with Crippen molar-refractivity contribution in [2.75, 3.05) is 32.1 Å². The van der Waals surface area contributed by atoms with Crippen molar-refractivity contribution >= 4 is 35.6 Å². The fourth-order valence-electron chi connectivity index (χ4n) is 2.38. The maximum atomic E-state index is 5.91. The summed E-state index contributed by atoms with van der Waals surface area (Å²) in [6.45, 7) is 5.26. The van der Waals surface area contributed by atoms with E-state index in [1.54, 1.807) is 7.11 Å². The van der Waals surface area contributed by atoms with Gasteiger partial charge in [-0.05, 0) is 24.1 Å². The first kappa shape index (κ1) is 24.0. The Kier molecular flexibility index (Phi) is 15.8. The van der Waals surface area contributed by atoms with Crippen molar-refractivity contribution in [2.24, 2.45) is 10.7 Å². The number of rotatable bonds is 13. The molecular formula is C19H35IN4O. The van der Waals surface area contributed by atoms with E-state index in [4.69, 9.17) is 10.5 Å². The number of nitrogens with two attached hydrogens (primary N) is 1. The highest BCUT2D eigenvalue weighted by molar-refractivity contribution is 14.0. The molecule has 144 valence electrons. The second-order valence-electron chi connectivity index (χ2n) is 6.01. The molecule has 0 saturated carbocycles. The Morgan fingerprint density at radius 1 is 1.04 bits per heavy atom. The number of halogens is 1. The topological polar surface area (TPSA) is 71.7 Å². The molecule has 0 amide bonds. The minimum atomic E-state index is 0. The number of ether oxygens (including phenoxy) is 1. The SMILES string of the molecule is CCCCCCCCNC(N)=NCc1ccc(NCCOC)cc1.I. The highest BCUT2D eigenvalue weighted by atomic mass is 127. The van der Waals surface area contributed by atoms with Gasteiger partial charge in [0.2, 0.25) is 0 Å². The van der Waals surface area contributed by atoms with Crippen LogP contribution in [-0.2, 0) is 11.3 Å². The predicted molar refractivity (Wildman–Crippen MR) is 119 cm³/mol. The number of unbranched alkanes of at least 4 members (excludes halogenated alkanes) is 5. The summed E-state index contributed by atoms with van der Waals surface area (Å²) in [4.78, 5) is 4.39. The zero-order chi connectivity index (χ0) is 17.5. The van der Waals surface area contributed by atoms with Gasteiger partial charge in [0, 0.05) is 25.9 Å². The highest BCUT2D eigenvalue weighted by Crippen LogP contribution is 2.10. The summed E-state index contributed by atoms with van der Waals surface area (Å²) in [7, 11) is 1.70. The summed E-state index contributed by atoms with van der Waals surface area (Å²) in [6.07, 6.45) is 7.72. The lowest BCUT2D eigenvalue weighted by Gasteiger charge is -2.07. The van der Waals surface area contributed by atoms with Gasteiger partial charge in [-0.25, -0.2) is 4.99 Å². The summed E-state index contributed by atoms with van der Waals surface area (Å²) < 4.78 is 5.02. The molecule has 0 aliphatic heterocycles. The van der Waals surface area contributed by atoms with E-state index in [2.05, 4.69) is 46.8 Å². The van der Waals surface area contributed by atoms with Crippen LogP contribution in [0.3, 0.4) is 0 Å². The fourth-order valence-corrected chi connectivity index (χ4v) is 2.38. The van der Waals surface area contributed by atoms with Crippen molar-refractivity contribution in [2.45, 2.75) is 52.0 Å². The van der Waals surface area contributed by atoms with Crippen LogP contribution >= 0.6 is 24.0 Å². The van der Waals surface area contributed by atoms with Gasteiger partial charge in [0.1, 0.15) is 0 Å². The Morgan fingerprint density at radius 2 is 1.72 bits per heavy atom. The summed E-state index contributed by atoms with van der Waals surface area (Å²) >= 11 is 0. The molecule has 4 N–H and O–H groups in total. The summed E-state index contributed by atoms with van der Waals surface area (Å²) in [5.41, 5.74) is 8.15. The third kappa shape index (κ3) is 12.9. The molecule has 0 aliphatic carbocycles. The lowest BCUT2D eigenvalue weighted by Crippen LogP contribution is -2.32. The molecule has 1 aromatic carbocycles. The van der Waals surface area contributed by atoms with Crippen LogP contribution in [0, 0.1) is 0 Å². The van der Waals surface area contributed by atoms with Gasteiger partial charge in [-0.3, -0.25) is 0 Å². The average Bonchev–Trinajstić information content (AvgIpc) is 2.60. The van der Waals surface area contributed by atoms with Crippen LogP contribution in [0.15, 0.2) is 29.3 Å². The third-order valence-electron chi connectivity index (χ3n) is 3.86. The second-order valence-corrected chi connectivity index (χ2v) is 6.01. The Labute approximate surface area is 170 Å². The smallest absolute Gasteiger partial charge is 0.188 e. The first-order valence-corrected chi connectivity index (χ1v) is 9.11. The number of guanidine groups is 1. The van der Waals surface area contributed by atoms with E-state index in [1.165, 1.54) is 32.1 Å². The van der Waals surface area contributed by atoms with E-state index in [0.717, 1.165) is 30.8 Å². The number of hydrogen-bond acceptors (Lipinski definition) is 3. The molecular weight excluding hydrogens is 427 g/mol. The third-order valence-corrected chi connectivity index (χ3v) is 3.86. The molecule has 0 aliphatic rings. The lowest BCUT2D eigenvalue weighted by atomic mass is 10.1. The van der Waals surface area contributed by atoms with Crippen molar-refractivity contribution in [1.29, 1.82) is 0 Å². The van der Waals surface area contributed by atoms with Crippen molar-refractivity contribution in [3.63, 3.8) is 0 Å². The van der Waals surface area contributed by atoms with Crippen molar-refractivity contribution in [3.05, 3.63) is 29.8 Å². The maximum absolute atomic E-state index is 5.91. The lowest BCUT2D eigenvalue weighted by molar-refractivity contribution is 0.211. The first-order valence-electron chi connectivity index (χ1n) is 9.11. The Bertz CT molecular complexity index is 451. The van der Waals surface area contributed by atoms with Gasteiger partial charge in [-0.1, -0.05) is 51.2 Å². The molecule has 1 rings (SSSR count). The van der Waals surface area contributed by atoms with Crippen molar-refractivity contribution < 1.29 is 4.74 Å². The van der Waals surface area contributed by atoms with Gasteiger partial charge < -0.3 is 21.1 Å². The molecule has 0 saturated heterocycles. The number of anilines is 1. The average molecular weight is 462 g/mol. The van der Waals surface area contributed by atoms with E-state index in [9.17, 15) is 0 Å². The van der Waals surface area contributed by atoms with Crippen molar-refractivity contribution in [1.82, 2.24) is 5.32 Å². The van der Waals surface area contributed by atoms with Gasteiger partial charge in [-0.15, -0.1) is 24.0 Å². The molecule has 25 heavy (non-hydrogen) atoms. The number of hydrogen-bond donors (Lipinski definition) is 3. The van der Waals surface area contributed by atoms with Gasteiger partial charge in [0.15, 0.2) is 5.96 Å². The molecule has 1 aromatic rings. The van der Waals surface area contributed by atoms with Crippen LogP contribution in [0.25, 0.3) is 0 Å². The minimum Gasteiger partial charge on any atom is -0.383 e. The number of methoxy groups -OCH3 is 1. The Balaban J connectivity index is 0.00000576. The van der Waals surface area contributed by atoms with E-state index in [-0.39, 0.29) is 24.0 Å². The molecule has 0 bridgehead atoms. The standard InChI is InChI=1S/C19H34N4O.HI/c1-3-4-5-6-7-8-13-22-19(20)23-16-17-9-11-18(12-10-17)21-14-15-24-2;/h9-12,21H,3-8,13-16H2,1-2H3,(H3,20,22,23);1H.